The Bertz CT molecular complexity index is 132. The van der Waals surface area contributed by atoms with Gasteiger partial charge in [0.15, 0.2) is 11.8 Å². The van der Waals surface area contributed by atoms with Gasteiger partial charge in [-0.2, -0.15) is 0 Å². The van der Waals surface area contributed by atoms with Crippen LogP contribution in [-0.4, -0.2) is 24.2 Å². The number of nitrogens with one attached hydrogen (secondary N) is 2. The van der Waals surface area contributed by atoms with Crippen molar-refractivity contribution in [3.8, 4) is 0 Å². The van der Waals surface area contributed by atoms with Crippen LogP contribution in [0.3, 0.4) is 0 Å². The van der Waals surface area contributed by atoms with Crippen LogP contribution in [0.1, 0.15) is 0 Å². The van der Waals surface area contributed by atoms with Gasteiger partial charge in [-0.25, -0.2) is 4.39 Å². The van der Waals surface area contributed by atoms with Crippen molar-refractivity contribution in [3.05, 3.63) is 0 Å². The highest BCUT2D eigenvalue weighted by Gasteiger charge is 2.24. The van der Waals surface area contributed by atoms with E-state index < -0.39 is 17.7 Å². The highest BCUT2D eigenvalue weighted by molar-refractivity contribution is 6.21. The first-order valence-electron chi connectivity index (χ1n) is 2.52. The van der Waals surface area contributed by atoms with E-state index in [1.165, 1.54) is 0 Å². The topological polar surface area (TPSA) is 41.1 Å². The summed E-state index contributed by atoms with van der Waals surface area (Å²) in [7, 11) is 0. The van der Waals surface area contributed by atoms with Crippen molar-refractivity contribution in [2.75, 3.05) is 6.54 Å². The van der Waals surface area contributed by atoms with Gasteiger partial charge < -0.3 is 5.32 Å². The molecule has 5 heteroatoms. The van der Waals surface area contributed by atoms with Gasteiger partial charge >= 0.3 is 0 Å². The van der Waals surface area contributed by atoms with E-state index in [0.29, 0.717) is 0 Å². The fraction of sp³-hybridized carbons (Fsp3) is 0.750. The third-order valence-corrected chi connectivity index (χ3v) is 1.29. The molecule has 1 amide bonds. The Morgan fingerprint density at radius 3 is 2.89 bits per heavy atom. The molecule has 2 atom stereocenters. The number of carbonyl (C=O) groups is 1. The third-order valence-electron chi connectivity index (χ3n) is 1.03. The first kappa shape index (κ1) is 6.77. The molecule has 0 aromatic heterocycles. The van der Waals surface area contributed by atoms with E-state index in [-0.39, 0.29) is 6.54 Å². The molecule has 2 N–H and O–H groups in total. The molecule has 1 aliphatic heterocycles. The smallest absolute Gasteiger partial charge is 0.258 e. The highest BCUT2D eigenvalue weighted by Crippen LogP contribution is 1.98. The number of halogens is 2. The molecule has 0 radical (unpaired) electrons. The summed E-state index contributed by atoms with van der Waals surface area (Å²) in [5, 5.41) is 4.69. The Morgan fingerprint density at radius 1 is 1.78 bits per heavy atom. The summed E-state index contributed by atoms with van der Waals surface area (Å²) in [6.45, 7) is 0. The Hall–Kier alpha value is -0.350. The fourth-order valence-electron chi connectivity index (χ4n) is 0.566. The van der Waals surface area contributed by atoms with Crippen LogP contribution >= 0.6 is 11.6 Å². The molecule has 0 spiro atoms. The van der Waals surface area contributed by atoms with Gasteiger partial charge in [-0.3, -0.25) is 10.1 Å². The Balaban J connectivity index is 2.44. The van der Waals surface area contributed by atoms with E-state index in [2.05, 4.69) is 10.6 Å². The van der Waals surface area contributed by atoms with Crippen LogP contribution in [0.25, 0.3) is 0 Å². The number of hydrogen-bond acceptors (Lipinski definition) is 2. The molecule has 0 aromatic rings. The molecule has 3 nitrogen and oxygen atoms in total. The Kier molecular flexibility index (Phi) is 1.87. The number of rotatable bonds is 0. The van der Waals surface area contributed by atoms with Crippen LogP contribution in [-0.2, 0) is 4.79 Å². The summed E-state index contributed by atoms with van der Waals surface area (Å²) < 4.78 is 12.2. The van der Waals surface area contributed by atoms with Crippen LogP contribution in [0.4, 0.5) is 4.39 Å². The molecular formula is C4H6ClFN2O. The summed E-state index contributed by atoms with van der Waals surface area (Å²) in [5.41, 5.74) is -0.621. The zero-order valence-electron chi connectivity index (χ0n) is 4.53. The molecule has 1 heterocycles. The minimum Gasteiger partial charge on any atom is -0.325 e. The largest absolute Gasteiger partial charge is 0.325 e. The lowest BCUT2D eigenvalue weighted by molar-refractivity contribution is -0.127. The van der Waals surface area contributed by atoms with Crippen LogP contribution in [0, 0.1) is 0 Å². The predicted octanol–water partition coefficient (Wildman–Crippen LogP) is -0.434. The van der Waals surface area contributed by atoms with Crippen molar-refractivity contribution in [2.24, 2.45) is 0 Å². The molecule has 1 rings (SSSR count). The minimum absolute atomic E-state index is 0. The van der Waals surface area contributed by atoms with Gasteiger partial charge in [-0.15, -0.1) is 0 Å². The molecule has 0 saturated carbocycles. The van der Waals surface area contributed by atoms with Gasteiger partial charge in [0.2, 0.25) is 0 Å². The summed E-state index contributed by atoms with van der Waals surface area (Å²) in [5.74, 6) is -0.645. The normalized spacial score (nSPS) is 36.0. The lowest BCUT2D eigenvalue weighted by Crippen LogP contribution is -2.54. The predicted molar refractivity (Wildman–Crippen MR) is 30.7 cm³/mol. The second-order valence-corrected chi connectivity index (χ2v) is 2.18. The minimum atomic E-state index is -1.46. The average Bonchev–Trinajstić information content (AvgIpc) is 1.80. The van der Waals surface area contributed by atoms with E-state index in [0.717, 1.165) is 0 Å². The number of amides is 1. The first-order chi connectivity index (χ1) is 4.20. The molecule has 1 fully saturated rings. The standard InChI is InChI=1S/C4H6ClFN2O/c5-4-7-1-2(6)3(9)8-4/h2,4,7H,1H2,(H,8,9). The Morgan fingerprint density at radius 2 is 2.44 bits per heavy atom. The van der Waals surface area contributed by atoms with E-state index in [9.17, 15) is 9.18 Å². The van der Waals surface area contributed by atoms with E-state index in [4.69, 9.17) is 11.6 Å². The lowest BCUT2D eigenvalue weighted by Gasteiger charge is -2.21. The zero-order chi connectivity index (χ0) is 6.85. The van der Waals surface area contributed by atoms with Gasteiger partial charge in [-0.05, 0) is 0 Å². The van der Waals surface area contributed by atoms with Gasteiger partial charge in [-0.1, -0.05) is 11.6 Å². The van der Waals surface area contributed by atoms with Crippen LogP contribution in [0.15, 0.2) is 0 Å². The molecule has 2 unspecified atom stereocenters. The van der Waals surface area contributed by atoms with Crippen LogP contribution in [0.5, 0.6) is 0 Å². The van der Waals surface area contributed by atoms with E-state index >= 15 is 0 Å². The Labute approximate surface area is 56.6 Å². The number of hydrogen-bond donors (Lipinski definition) is 2. The maximum Gasteiger partial charge on any atom is 0.258 e. The second-order valence-electron chi connectivity index (χ2n) is 1.75. The van der Waals surface area contributed by atoms with E-state index in [1.807, 2.05) is 0 Å². The lowest BCUT2D eigenvalue weighted by atomic mass is 10.3. The molecule has 1 saturated heterocycles. The summed E-state index contributed by atoms with van der Waals surface area (Å²) in [6.07, 6.45) is -1.46. The van der Waals surface area contributed by atoms with Crippen molar-refractivity contribution in [1.29, 1.82) is 0 Å². The van der Waals surface area contributed by atoms with Crippen molar-refractivity contribution in [3.63, 3.8) is 0 Å². The average molecular weight is 153 g/mol. The van der Waals surface area contributed by atoms with Gasteiger partial charge in [0, 0.05) is 6.54 Å². The summed E-state index contributed by atoms with van der Waals surface area (Å²) in [6, 6.07) is 0. The van der Waals surface area contributed by atoms with Crippen molar-refractivity contribution >= 4 is 17.5 Å². The monoisotopic (exact) mass is 152 g/mol. The maximum absolute atomic E-state index is 12.2. The maximum atomic E-state index is 12.2. The van der Waals surface area contributed by atoms with Crippen LogP contribution < -0.4 is 10.6 Å². The summed E-state index contributed by atoms with van der Waals surface area (Å²) >= 11 is 5.37. The van der Waals surface area contributed by atoms with E-state index in [1.54, 1.807) is 0 Å². The van der Waals surface area contributed by atoms with Gasteiger partial charge in [0.25, 0.3) is 5.91 Å². The highest BCUT2D eigenvalue weighted by atomic mass is 35.5. The van der Waals surface area contributed by atoms with Crippen molar-refractivity contribution in [1.82, 2.24) is 10.6 Å². The first-order valence-corrected chi connectivity index (χ1v) is 2.95. The SMILES string of the molecule is O=C1NC(Cl)NCC1F. The fourth-order valence-corrected chi connectivity index (χ4v) is 0.763. The molecule has 9 heavy (non-hydrogen) atoms. The van der Waals surface area contributed by atoms with Crippen molar-refractivity contribution < 1.29 is 9.18 Å². The molecule has 0 aliphatic carbocycles. The summed E-state index contributed by atoms with van der Waals surface area (Å²) in [4.78, 5) is 10.4. The van der Waals surface area contributed by atoms with Gasteiger partial charge in [0.05, 0.1) is 0 Å². The molecule has 1 aliphatic rings. The molecular weight excluding hydrogens is 147 g/mol. The van der Waals surface area contributed by atoms with Crippen LogP contribution in [0.2, 0.25) is 0 Å². The quantitative estimate of drug-likeness (QED) is 0.365. The number of carbonyl (C=O) groups excluding carboxylic acids is 1. The molecule has 0 aromatic carbocycles. The van der Waals surface area contributed by atoms with Crippen molar-refractivity contribution in [2.45, 2.75) is 11.8 Å². The zero-order valence-corrected chi connectivity index (χ0v) is 5.28. The van der Waals surface area contributed by atoms with Gasteiger partial charge in [0.1, 0.15) is 0 Å². The number of alkyl halides is 2. The third kappa shape index (κ3) is 1.53. The molecule has 52 valence electrons. The second kappa shape index (κ2) is 2.49. The molecule has 0 bridgehead atoms.